The molecule has 1 heterocycles. The van der Waals surface area contributed by atoms with Crippen LogP contribution < -0.4 is 11.5 Å². The van der Waals surface area contributed by atoms with Gasteiger partial charge in [0.2, 0.25) is 0 Å². The van der Waals surface area contributed by atoms with Crippen molar-refractivity contribution in [3.8, 4) is 11.5 Å². The van der Waals surface area contributed by atoms with Crippen LogP contribution in [-0.2, 0) is 32.7 Å². The molecule has 216 valence electrons. The van der Waals surface area contributed by atoms with E-state index in [1.54, 1.807) is 0 Å². The average Bonchev–Trinajstić information content (AvgIpc) is 2.98. The van der Waals surface area contributed by atoms with E-state index in [-0.39, 0.29) is 0 Å². The van der Waals surface area contributed by atoms with Crippen LogP contribution in [0.1, 0.15) is 51.8 Å². The smallest absolute Gasteiger partial charge is 0.124 e. The molecule has 4 rings (SSSR count). The summed E-state index contributed by atoms with van der Waals surface area (Å²) < 4.78 is 0. The van der Waals surface area contributed by atoms with Gasteiger partial charge in [-0.25, -0.2) is 0 Å². The van der Waals surface area contributed by atoms with Crippen molar-refractivity contribution in [3.05, 3.63) is 93.5 Å². The Morgan fingerprint density at radius 2 is 0.975 bits per heavy atom. The zero-order valence-corrected chi connectivity index (χ0v) is 24.3. The van der Waals surface area contributed by atoms with E-state index in [4.69, 9.17) is 11.5 Å². The maximum Gasteiger partial charge on any atom is 0.124 e. The van der Waals surface area contributed by atoms with Crippen LogP contribution in [0.15, 0.2) is 54.6 Å². The predicted octanol–water partition coefficient (Wildman–Crippen LogP) is 4.23. The quantitative estimate of drug-likeness (QED) is 0.336. The molecule has 0 amide bonds. The Morgan fingerprint density at radius 3 is 1.40 bits per heavy atom. The van der Waals surface area contributed by atoms with Gasteiger partial charge in [-0.15, -0.1) is 0 Å². The molecule has 0 saturated carbocycles. The van der Waals surface area contributed by atoms with Crippen molar-refractivity contribution in [3.63, 3.8) is 0 Å². The number of aromatic hydroxyl groups is 2. The largest absolute Gasteiger partial charge is 0.507 e. The summed E-state index contributed by atoms with van der Waals surface area (Å²) in [7, 11) is 0. The van der Waals surface area contributed by atoms with Crippen LogP contribution in [0.3, 0.4) is 0 Å². The van der Waals surface area contributed by atoms with E-state index in [9.17, 15) is 10.2 Å². The second kappa shape index (κ2) is 14.6. The van der Waals surface area contributed by atoms with Crippen molar-refractivity contribution in [1.29, 1.82) is 0 Å². The maximum atomic E-state index is 10.9. The Labute approximate surface area is 240 Å². The lowest BCUT2D eigenvalue weighted by Gasteiger charge is -2.28. The maximum absolute atomic E-state index is 10.9. The van der Waals surface area contributed by atoms with Crippen molar-refractivity contribution < 1.29 is 10.2 Å². The fraction of sp³-hybridized carbons (Fsp3) is 0.455. The number of aryl methyl sites for hydroxylation is 2. The summed E-state index contributed by atoms with van der Waals surface area (Å²) in [5, 5.41) is 21.8. The Balaban J connectivity index is 1.55. The number of nitrogens with zero attached hydrogens (tertiary/aromatic N) is 3. The minimum atomic E-state index is 0.323. The van der Waals surface area contributed by atoms with Crippen molar-refractivity contribution >= 4 is 0 Å². The molecule has 40 heavy (non-hydrogen) atoms. The van der Waals surface area contributed by atoms with Crippen molar-refractivity contribution in [2.45, 2.75) is 59.4 Å². The summed E-state index contributed by atoms with van der Waals surface area (Å²) in [5.41, 5.74) is 18.9. The van der Waals surface area contributed by atoms with E-state index < -0.39 is 0 Å². The first-order chi connectivity index (χ1) is 19.4. The lowest BCUT2D eigenvalue weighted by molar-refractivity contribution is 0.192. The second-order valence-electron chi connectivity index (χ2n) is 11.3. The average molecular weight is 546 g/mol. The van der Waals surface area contributed by atoms with Gasteiger partial charge < -0.3 is 21.7 Å². The van der Waals surface area contributed by atoms with Crippen LogP contribution >= 0.6 is 0 Å². The molecule has 0 bridgehead atoms. The van der Waals surface area contributed by atoms with Gasteiger partial charge in [0.05, 0.1) is 0 Å². The van der Waals surface area contributed by atoms with Gasteiger partial charge in [0.1, 0.15) is 11.5 Å². The highest BCUT2D eigenvalue weighted by Gasteiger charge is 2.18. The molecule has 0 radical (unpaired) electrons. The zero-order chi connectivity index (χ0) is 28.5. The van der Waals surface area contributed by atoms with Crippen molar-refractivity contribution in [2.75, 3.05) is 39.3 Å². The minimum absolute atomic E-state index is 0.323. The summed E-state index contributed by atoms with van der Waals surface area (Å²) in [5.74, 6) is 0.646. The van der Waals surface area contributed by atoms with Gasteiger partial charge in [-0.1, -0.05) is 65.7 Å². The van der Waals surface area contributed by atoms with Crippen LogP contribution in [0.25, 0.3) is 0 Å². The number of phenols is 2. The summed E-state index contributed by atoms with van der Waals surface area (Å²) in [4.78, 5) is 7.47. The van der Waals surface area contributed by atoms with Crippen LogP contribution in [0.4, 0.5) is 0 Å². The first kappa shape index (κ1) is 30.0. The third-order valence-corrected chi connectivity index (χ3v) is 7.93. The van der Waals surface area contributed by atoms with Gasteiger partial charge in [-0.3, -0.25) is 14.7 Å². The third-order valence-electron chi connectivity index (χ3n) is 7.93. The Kier molecular flexibility index (Phi) is 11.0. The minimum Gasteiger partial charge on any atom is -0.507 e. The molecule has 0 atom stereocenters. The molecule has 0 unspecified atom stereocenters. The standard InChI is InChI=1S/C33H47N5O2/c1-25-16-28(20-34)32(39)30(18-25)23-37-12-6-10-36(22-27-8-4-3-5-9-27)11-7-13-38(15-14-37)24-31-19-26(2)17-29(21-35)33(31)40/h3-5,8-9,16-19,39-40H,6-7,10-15,20-24,34-35H2,1-2H3. The van der Waals surface area contributed by atoms with Crippen LogP contribution in [0, 0.1) is 13.8 Å². The fourth-order valence-electron chi connectivity index (χ4n) is 5.87. The van der Waals surface area contributed by atoms with Gasteiger partial charge in [0.15, 0.2) is 0 Å². The fourth-order valence-corrected chi connectivity index (χ4v) is 5.87. The van der Waals surface area contributed by atoms with Crippen LogP contribution in [0.2, 0.25) is 0 Å². The number of benzene rings is 3. The topological polar surface area (TPSA) is 102 Å². The second-order valence-corrected chi connectivity index (χ2v) is 11.3. The molecule has 0 aromatic heterocycles. The highest BCUT2D eigenvalue weighted by atomic mass is 16.3. The van der Waals surface area contributed by atoms with Crippen LogP contribution in [0.5, 0.6) is 11.5 Å². The first-order valence-corrected chi connectivity index (χ1v) is 14.6. The number of phenolic OH excluding ortho intramolecular Hbond substituents is 2. The monoisotopic (exact) mass is 545 g/mol. The molecule has 1 fully saturated rings. The summed E-state index contributed by atoms with van der Waals surface area (Å²) >= 11 is 0. The van der Waals surface area contributed by atoms with E-state index in [1.807, 2.05) is 12.1 Å². The van der Waals surface area contributed by atoms with E-state index >= 15 is 0 Å². The van der Waals surface area contributed by atoms with E-state index in [2.05, 4.69) is 71.0 Å². The molecule has 1 aliphatic heterocycles. The van der Waals surface area contributed by atoms with E-state index in [1.165, 1.54) is 5.56 Å². The Hall–Kier alpha value is -2.94. The lowest BCUT2D eigenvalue weighted by Crippen LogP contribution is -2.36. The zero-order valence-electron chi connectivity index (χ0n) is 24.3. The molecular formula is C33H47N5O2. The van der Waals surface area contributed by atoms with Crippen LogP contribution in [-0.4, -0.2) is 64.2 Å². The molecular weight excluding hydrogens is 498 g/mol. The SMILES string of the molecule is Cc1cc(CN)c(O)c(CN2CCCN(Cc3ccccc3)CCCN(Cc3cc(C)cc(CN)c3O)CC2)c1. The van der Waals surface area contributed by atoms with E-state index in [0.717, 1.165) is 92.0 Å². The highest BCUT2D eigenvalue weighted by Crippen LogP contribution is 2.27. The molecule has 7 heteroatoms. The Morgan fingerprint density at radius 1 is 0.575 bits per heavy atom. The summed E-state index contributed by atoms with van der Waals surface area (Å²) in [6, 6.07) is 18.8. The molecule has 0 spiro atoms. The van der Waals surface area contributed by atoms with Gasteiger partial charge in [0.25, 0.3) is 0 Å². The highest BCUT2D eigenvalue weighted by molar-refractivity contribution is 5.44. The normalized spacial score (nSPS) is 16.6. The number of hydrogen-bond acceptors (Lipinski definition) is 7. The van der Waals surface area contributed by atoms with Crippen molar-refractivity contribution in [2.24, 2.45) is 11.5 Å². The molecule has 0 aliphatic carbocycles. The number of rotatable bonds is 8. The summed E-state index contributed by atoms with van der Waals surface area (Å²) in [6.07, 6.45) is 2.11. The number of nitrogens with two attached hydrogens (primary N) is 2. The number of hydrogen-bond donors (Lipinski definition) is 4. The van der Waals surface area contributed by atoms with Gasteiger partial charge in [0, 0.05) is 68.1 Å². The van der Waals surface area contributed by atoms with Gasteiger partial charge >= 0.3 is 0 Å². The van der Waals surface area contributed by atoms with Gasteiger partial charge in [-0.05, 0) is 58.4 Å². The molecule has 3 aromatic carbocycles. The molecule has 3 aromatic rings. The molecule has 1 saturated heterocycles. The lowest BCUT2D eigenvalue weighted by atomic mass is 10.0. The molecule has 6 N–H and O–H groups in total. The van der Waals surface area contributed by atoms with Gasteiger partial charge in [-0.2, -0.15) is 0 Å². The third kappa shape index (κ3) is 8.29. The van der Waals surface area contributed by atoms with E-state index in [0.29, 0.717) is 37.7 Å². The molecule has 1 aliphatic rings. The predicted molar refractivity (Wildman–Crippen MR) is 163 cm³/mol. The van der Waals surface area contributed by atoms with Crippen molar-refractivity contribution in [1.82, 2.24) is 14.7 Å². The first-order valence-electron chi connectivity index (χ1n) is 14.6. The Bertz CT molecular complexity index is 1160. The summed E-state index contributed by atoms with van der Waals surface area (Å²) in [6.45, 7) is 12.8. The molecule has 7 nitrogen and oxygen atoms in total.